The second-order valence-electron chi connectivity index (χ2n) is 4.44. The van der Waals surface area contributed by atoms with Crippen LogP contribution in [0.25, 0.3) is 5.69 Å². The van der Waals surface area contributed by atoms with Gasteiger partial charge in [-0.15, -0.1) is 5.10 Å². The van der Waals surface area contributed by atoms with E-state index in [1.165, 1.54) is 30.6 Å². The fraction of sp³-hybridized carbons (Fsp3) is 0.286. The van der Waals surface area contributed by atoms with E-state index in [2.05, 4.69) is 14.9 Å². The van der Waals surface area contributed by atoms with Gasteiger partial charge in [0, 0.05) is 6.20 Å². The van der Waals surface area contributed by atoms with Gasteiger partial charge in [-0.1, -0.05) is 0 Å². The number of nitrogens with zero attached hydrogens (tertiary/aromatic N) is 3. The predicted octanol–water partition coefficient (Wildman–Crippen LogP) is 1.75. The van der Waals surface area contributed by atoms with Gasteiger partial charge in [0.15, 0.2) is 6.61 Å². The number of alkyl halides is 3. The molecular weight excluding hydrogens is 331 g/mol. The van der Waals surface area contributed by atoms with Gasteiger partial charge in [-0.2, -0.15) is 18.3 Å². The molecule has 0 aliphatic rings. The van der Waals surface area contributed by atoms with E-state index in [1.807, 2.05) is 0 Å². The van der Waals surface area contributed by atoms with Gasteiger partial charge in [-0.3, -0.25) is 9.36 Å². The van der Waals surface area contributed by atoms with Crippen molar-refractivity contribution in [3.8, 4) is 11.6 Å². The molecule has 2 rings (SSSR count). The maximum Gasteiger partial charge on any atom is 0.422 e. The SMILES string of the molecule is CCOC(=O)c1cccn(-c2ccnnc2OCC(F)(F)F)c1=O. The average Bonchev–Trinajstić information content (AvgIpc) is 2.53. The van der Waals surface area contributed by atoms with E-state index in [0.29, 0.717) is 0 Å². The third kappa shape index (κ3) is 4.09. The highest BCUT2D eigenvalue weighted by atomic mass is 19.4. The summed E-state index contributed by atoms with van der Waals surface area (Å²) in [6, 6.07) is 3.87. The molecule has 0 aromatic carbocycles. The molecule has 7 nitrogen and oxygen atoms in total. The van der Waals surface area contributed by atoms with Crippen molar-refractivity contribution >= 4 is 5.97 Å². The van der Waals surface area contributed by atoms with Crippen LogP contribution in [0.3, 0.4) is 0 Å². The van der Waals surface area contributed by atoms with E-state index < -0.39 is 30.2 Å². The van der Waals surface area contributed by atoms with Crippen LogP contribution >= 0.6 is 0 Å². The first-order chi connectivity index (χ1) is 11.3. The van der Waals surface area contributed by atoms with Crippen LogP contribution in [-0.4, -0.2) is 40.1 Å². The largest absolute Gasteiger partial charge is 0.465 e. The molecule has 128 valence electrons. The molecule has 0 radical (unpaired) electrons. The number of hydrogen-bond donors (Lipinski definition) is 0. The molecule has 0 atom stereocenters. The molecule has 0 fully saturated rings. The van der Waals surface area contributed by atoms with Gasteiger partial charge in [0.2, 0.25) is 0 Å². The van der Waals surface area contributed by atoms with Crippen LogP contribution in [-0.2, 0) is 4.74 Å². The van der Waals surface area contributed by atoms with Crippen molar-refractivity contribution in [3.63, 3.8) is 0 Å². The zero-order valence-electron chi connectivity index (χ0n) is 12.4. The summed E-state index contributed by atoms with van der Waals surface area (Å²) >= 11 is 0. The predicted molar refractivity (Wildman–Crippen MR) is 75.1 cm³/mol. The molecule has 10 heteroatoms. The van der Waals surface area contributed by atoms with Crippen LogP contribution in [0, 0.1) is 0 Å². The molecule has 0 bridgehead atoms. The molecule has 24 heavy (non-hydrogen) atoms. The average molecular weight is 343 g/mol. The summed E-state index contributed by atoms with van der Waals surface area (Å²) in [5.41, 5.74) is -1.12. The minimum atomic E-state index is -4.58. The maximum absolute atomic E-state index is 12.4. The molecule has 0 amide bonds. The summed E-state index contributed by atoms with van der Waals surface area (Å²) in [7, 11) is 0. The van der Waals surface area contributed by atoms with Crippen molar-refractivity contribution in [3.05, 3.63) is 46.5 Å². The molecule has 2 aromatic heterocycles. The van der Waals surface area contributed by atoms with Gasteiger partial charge in [0.1, 0.15) is 11.3 Å². The van der Waals surface area contributed by atoms with Crippen molar-refractivity contribution in [2.75, 3.05) is 13.2 Å². The van der Waals surface area contributed by atoms with E-state index in [4.69, 9.17) is 4.74 Å². The van der Waals surface area contributed by atoms with Gasteiger partial charge >= 0.3 is 12.1 Å². The minimum Gasteiger partial charge on any atom is -0.465 e. The minimum absolute atomic E-state index is 0.0733. The highest BCUT2D eigenvalue weighted by Crippen LogP contribution is 2.21. The summed E-state index contributed by atoms with van der Waals surface area (Å²) in [5.74, 6) is -1.32. The number of esters is 1. The second-order valence-corrected chi connectivity index (χ2v) is 4.44. The summed E-state index contributed by atoms with van der Waals surface area (Å²) in [6.07, 6.45) is -2.13. The van der Waals surface area contributed by atoms with Gasteiger partial charge in [0.05, 0.1) is 12.8 Å². The summed E-state index contributed by atoms with van der Waals surface area (Å²) in [6.45, 7) is 0.0597. The van der Waals surface area contributed by atoms with E-state index in [9.17, 15) is 22.8 Å². The van der Waals surface area contributed by atoms with Crippen LogP contribution in [0.1, 0.15) is 17.3 Å². The highest BCUT2D eigenvalue weighted by Gasteiger charge is 2.29. The third-order valence-electron chi connectivity index (χ3n) is 2.74. The number of pyridine rings is 1. The summed E-state index contributed by atoms with van der Waals surface area (Å²) < 4.78 is 47.2. The molecule has 0 aliphatic heterocycles. The normalized spacial score (nSPS) is 11.2. The Balaban J connectivity index is 2.44. The van der Waals surface area contributed by atoms with E-state index >= 15 is 0 Å². The standard InChI is InChI=1S/C14H12F3N3O4/c1-2-23-13(22)9-4-3-7-20(12(9)21)10-5-6-18-19-11(10)24-8-14(15,16)17/h3-7H,2,8H2,1H3. The smallest absolute Gasteiger partial charge is 0.422 e. The van der Waals surface area contributed by atoms with E-state index in [1.54, 1.807) is 6.92 Å². The Morgan fingerprint density at radius 2 is 2.08 bits per heavy atom. The van der Waals surface area contributed by atoms with Gasteiger partial charge in [-0.05, 0) is 25.1 Å². The highest BCUT2D eigenvalue weighted by molar-refractivity contribution is 5.89. The summed E-state index contributed by atoms with van der Waals surface area (Å²) in [5, 5.41) is 6.90. The van der Waals surface area contributed by atoms with Crippen molar-refractivity contribution in [2.45, 2.75) is 13.1 Å². The zero-order chi connectivity index (χ0) is 17.7. The lowest BCUT2D eigenvalue weighted by Gasteiger charge is -2.13. The number of carbonyl (C=O) groups excluding carboxylic acids is 1. The van der Waals surface area contributed by atoms with Crippen LogP contribution in [0.2, 0.25) is 0 Å². The monoisotopic (exact) mass is 343 g/mol. The lowest BCUT2D eigenvalue weighted by atomic mass is 10.2. The molecule has 2 heterocycles. The van der Waals surface area contributed by atoms with E-state index in [-0.39, 0.29) is 17.9 Å². The second kappa shape index (κ2) is 7.11. The van der Waals surface area contributed by atoms with Crippen molar-refractivity contribution < 1.29 is 27.4 Å². The molecule has 0 saturated heterocycles. The fourth-order valence-electron chi connectivity index (χ4n) is 1.80. The first-order valence-corrected chi connectivity index (χ1v) is 6.74. The van der Waals surface area contributed by atoms with Gasteiger partial charge in [0.25, 0.3) is 11.4 Å². The van der Waals surface area contributed by atoms with Crippen molar-refractivity contribution in [1.29, 1.82) is 0 Å². The Morgan fingerprint density at radius 3 is 2.75 bits per heavy atom. The van der Waals surface area contributed by atoms with Gasteiger partial charge < -0.3 is 9.47 Å². The zero-order valence-corrected chi connectivity index (χ0v) is 12.4. The van der Waals surface area contributed by atoms with Crippen molar-refractivity contribution in [2.24, 2.45) is 0 Å². The van der Waals surface area contributed by atoms with Crippen LogP contribution in [0.4, 0.5) is 13.2 Å². The van der Waals surface area contributed by atoms with Crippen molar-refractivity contribution in [1.82, 2.24) is 14.8 Å². The number of hydrogen-bond acceptors (Lipinski definition) is 6. The van der Waals surface area contributed by atoms with Crippen LogP contribution in [0.5, 0.6) is 5.88 Å². The maximum atomic E-state index is 12.4. The molecule has 0 aliphatic carbocycles. The molecule has 0 saturated carbocycles. The third-order valence-corrected chi connectivity index (χ3v) is 2.74. The van der Waals surface area contributed by atoms with Gasteiger partial charge in [-0.25, -0.2) is 4.79 Å². The molecule has 0 spiro atoms. The lowest BCUT2D eigenvalue weighted by Crippen LogP contribution is -2.27. The Morgan fingerprint density at radius 1 is 1.33 bits per heavy atom. The number of ether oxygens (including phenoxy) is 2. The molecule has 0 unspecified atom stereocenters. The quantitative estimate of drug-likeness (QED) is 0.769. The fourth-order valence-corrected chi connectivity index (χ4v) is 1.80. The summed E-state index contributed by atoms with van der Waals surface area (Å²) in [4.78, 5) is 24.1. The first kappa shape index (κ1) is 17.4. The Kier molecular flexibility index (Phi) is 5.17. The molecular formula is C14H12F3N3O4. The molecule has 0 N–H and O–H groups in total. The van der Waals surface area contributed by atoms with Crippen LogP contribution < -0.4 is 10.3 Å². The number of rotatable bonds is 5. The Bertz CT molecular complexity index is 789. The van der Waals surface area contributed by atoms with Crippen LogP contribution in [0.15, 0.2) is 35.4 Å². The first-order valence-electron chi connectivity index (χ1n) is 6.74. The lowest BCUT2D eigenvalue weighted by molar-refractivity contribution is -0.154. The number of aromatic nitrogens is 3. The Hall–Kier alpha value is -2.91. The molecule has 2 aromatic rings. The number of carbonyl (C=O) groups is 1. The Labute approximate surface area is 133 Å². The van der Waals surface area contributed by atoms with E-state index in [0.717, 1.165) is 4.57 Å². The topological polar surface area (TPSA) is 83.3 Å². The number of halogens is 3.